The molecule has 1 aromatic carbocycles. The summed E-state index contributed by atoms with van der Waals surface area (Å²) in [5.41, 5.74) is 1.38. The SMILES string of the molecule is Cc1cc(NC(=O)C(=O)NC(C)CCC(C)C)ccc1Oc1cccnc1. The molecule has 0 saturated carbocycles. The van der Waals surface area contributed by atoms with Gasteiger partial charge in [0.15, 0.2) is 0 Å². The summed E-state index contributed by atoms with van der Waals surface area (Å²) in [5.74, 6) is 0.555. The normalized spacial score (nSPS) is 11.7. The molecule has 2 rings (SSSR count). The van der Waals surface area contributed by atoms with Crippen molar-refractivity contribution in [2.45, 2.75) is 46.6 Å². The molecule has 27 heavy (non-hydrogen) atoms. The van der Waals surface area contributed by atoms with Crippen LogP contribution in [-0.4, -0.2) is 22.8 Å². The van der Waals surface area contributed by atoms with Gasteiger partial charge in [-0.05, 0) is 68.5 Å². The molecule has 0 radical (unpaired) electrons. The second-order valence-corrected chi connectivity index (χ2v) is 7.07. The number of hydrogen-bond donors (Lipinski definition) is 2. The van der Waals surface area contributed by atoms with Gasteiger partial charge in [-0.3, -0.25) is 14.6 Å². The Labute approximate surface area is 160 Å². The number of nitrogens with zero attached hydrogens (tertiary/aromatic N) is 1. The molecular formula is C21H27N3O3. The highest BCUT2D eigenvalue weighted by Gasteiger charge is 2.17. The van der Waals surface area contributed by atoms with Gasteiger partial charge in [0.25, 0.3) is 0 Å². The van der Waals surface area contributed by atoms with Crippen molar-refractivity contribution < 1.29 is 14.3 Å². The first-order valence-corrected chi connectivity index (χ1v) is 9.15. The van der Waals surface area contributed by atoms with E-state index < -0.39 is 11.8 Å². The maximum atomic E-state index is 12.1. The Balaban J connectivity index is 1.92. The van der Waals surface area contributed by atoms with Crippen LogP contribution in [0.5, 0.6) is 11.5 Å². The van der Waals surface area contributed by atoms with Crippen molar-refractivity contribution in [2.75, 3.05) is 5.32 Å². The van der Waals surface area contributed by atoms with Crippen LogP contribution >= 0.6 is 0 Å². The Morgan fingerprint density at radius 3 is 2.52 bits per heavy atom. The Bertz CT molecular complexity index is 775. The van der Waals surface area contributed by atoms with Crippen LogP contribution in [0.25, 0.3) is 0 Å². The molecule has 0 spiro atoms. The van der Waals surface area contributed by atoms with Crippen molar-refractivity contribution in [3.63, 3.8) is 0 Å². The van der Waals surface area contributed by atoms with Gasteiger partial charge in [0.1, 0.15) is 11.5 Å². The van der Waals surface area contributed by atoms with Gasteiger partial charge in [-0.25, -0.2) is 0 Å². The molecule has 0 aliphatic heterocycles. The van der Waals surface area contributed by atoms with Gasteiger partial charge in [-0.1, -0.05) is 13.8 Å². The van der Waals surface area contributed by atoms with E-state index >= 15 is 0 Å². The highest BCUT2D eigenvalue weighted by atomic mass is 16.5. The summed E-state index contributed by atoms with van der Waals surface area (Å²) in [6, 6.07) is 8.78. The Hall–Kier alpha value is -2.89. The lowest BCUT2D eigenvalue weighted by Crippen LogP contribution is -2.40. The fourth-order valence-corrected chi connectivity index (χ4v) is 2.51. The van der Waals surface area contributed by atoms with Gasteiger partial charge in [-0.15, -0.1) is 0 Å². The third-order valence-electron chi connectivity index (χ3n) is 4.06. The van der Waals surface area contributed by atoms with Gasteiger partial charge < -0.3 is 15.4 Å². The van der Waals surface area contributed by atoms with Gasteiger partial charge in [0.05, 0.1) is 6.20 Å². The van der Waals surface area contributed by atoms with Gasteiger partial charge in [0.2, 0.25) is 0 Å². The largest absolute Gasteiger partial charge is 0.455 e. The molecule has 1 heterocycles. The molecule has 2 aromatic rings. The van der Waals surface area contributed by atoms with E-state index in [-0.39, 0.29) is 6.04 Å². The molecule has 0 bridgehead atoms. The minimum absolute atomic E-state index is 0.0392. The predicted molar refractivity (Wildman–Crippen MR) is 106 cm³/mol. The zero-order valence-electron chi connectivity index (χ0n) is 16.3. The monoisotopic (exact) mass is 369 g/mol. The number of carbonyl (C=O) groups is 2. The number of pyridine rings is 1. The Morgan fingerprint density at radius 2 is 1.89 bits per heavy atom. The van der Waals surface area contributed by atoms with Crippen LogP contribution in [0, 0.1) is 12.8 Å². The molecule has 1 atom stereocenters. The number of amides is 2. The third-order valence-corrected chi connectivity index (χ3v) is 4.06. The predicted octanol–water partition coefficient (Wildman–Crippen LogP) is 4.06. The van der Waals surface area contributed by atoms with Crippen LogP contribution in [0.1, 0.15) is 39.2 Å². The number of aromatic nitrogens is 1. The van der Waals surface area contributed by atoms with E-state index in [9.17, 15) is 9.59 Å². The first kappa shape index (κ1) is 20.4. The minimum Gasteiger partial charge on any atom is -0.455 e. The quantitative estimate of drug-likeness (QED) is 0.721. The third kappa shape index (κ3) is 6.73. The van der Waals surface area contributed by atoms with Crippen LogP contribution in [0.4, 0.5) is 5.69 Å². The molecule has 1 unspecified atom stereocenters. The van der Waals surface area contributed by atoms with E-state index in [1.165, 1.54) is 0 Å². The summed E-state index contributed by atoms with van der Waals surface area (Å²) < 4.78 is 5.76. The molecule has 6 heteroatoms. The molecule has 0 saturated heterocycles. The van der Waals surface area contributed by atoms with Crippen LogP contribution in [-0.2, 0) is 9.59 Å². The number of hydrogen-bond acceptors (Lipinski definition) is 4. The number of nitrogens with one attached hydrogen (secondary N) is 2. The molecule has 0 fully saturated rings. The van der Waals surface area contributed by atoms with Crippen molar-refractivity contribution in [3.8, 4) is 11.5 Å². The maximum absolute atomic E-state index is 12.1. The fraction of sp³-hybridized carbons (Fsp3) is 0.381. The van der Waals surface area contributed by atoms with Crippen molar-refractivity contribution >= 4 is 17.5 Å². The van der Waals surface area contributed by atoms with Crippen LogP contribution < -0.4 is 15.4 Å². The molecule has 2 amide bonds. The van der Waals surface area contributed by atoms with E-state index in [4.69, 9.17) is 4.74 Å². The highest BCUT2D eigenvalue weighted by molar-refractivity contribution is 6.39. The maximum Gasteiger partial charge on any atom is 0.313 e. The van der Waals surface area contributed by atoms with Crippen LogP contribution in [0.2, 0.25) is 0 Å². The Kier molecular flexibility index (Phi) is 7.34. The number of benzene rings is 1. The molecule has 1 aromatic heterocycles. The first-order chi connectivity index (χ1) is 12.8. The number of aryl methyl sites for hydroxylation is 1. The zero-order chi connectivity index (χ0) is 19.8. The van der Waals surface area contributed by atoms with Crippen molar-refractivity contribution in [2.24, 2.45) is 5.92 Å². The first-order valence-electron chi connectivity index (χ1n) is 9.15. The summed E-state index contributed by atoms with van der Waals surface area (Å²) in [5, 5.41) is 5.36. The molecule has 0 aliphatic rings. The summed E-state index contributed by atoms with van der Waals surface area (Å²) in [7, 11) is 0. The summed E-state index contributed by atoms with van der Waals surface area (Å²) in [4.78, 5) is 28.2. The number of carbonyl (C=O) groups excluding carboxylic acids is 2. The van der Waals surface area contributed by atoms with Crippen LogP contribution in [0.15, 0.2) is 42.7 Å². The zero-order valence-corrected chi connectivity index (χ0v) is 16.3. The smallest absolute Gasteiger partial charge is 0.313 e. The summed E-state index contributed by atoms with van der Waals surface area (Å²) in [6.45, 7) is 8.04. The van der Waals surface area contributed by atoms with Crippen molar-refractivity contribution in [1.82, 2.24) is 10.3 Å². The van der Waals surface area contributed by atoms with Crippen molar-refractivity contribution in [3.05, 3.63) is 48.3 Å². The Morgan fingerprint density at radius 1 is 1.11 bits per heavy atom. The fourth-order valence-electron chi connectivity index (χ4n) is 2.51. The number of rotatable bonds is 7. The summed E-state index contributed by atoms with van der Waals surface area (Å²) >= 11 is 0. The molecule has 2 N–H and O–H groups in total. The van der Waals surface area contributed by atoms with E-state index in [2.05, 4.69) is 29.5 Å². The van der Waals surface area contributed by atoms with Crippen molar-refractivity contribution in [1.29, 1.82) is 0 Å². The number of anilines is 1. The minimum atomic E-state index is -0.674. The van der Waals surface area contributed by atoms with Crippen LogP contribution in [0.3, 0.4) is 0 Å². The molecule has 144 valence electrons. The van der Waals surface area contributed by atoms with Gasteiger partial charge in [0, 0.05) is 17.9 Å². The lowest BCUT2D eigenvalue weighted by atomic mass is 10.0. The van der Waals surface area contributed by atoms with Gasteiger partial charge >= 0.3 is 11.8 Å². The van der Waals surface area contributed by atoms with E-state index in [1.54, 1.807) is 36.7 Å². The summed E-state index contributed by atoms with van der Waals surface area (Å²) in [6.07, 6.45) is 5.14. The highest BCUT2D eigenvalue weighted by Crippen LogP contribution is 2.26. The average Bonchev–Trinajstić information content (AvgIpc) is 2.63. The van der Waals surface area contributed by atoms with E-state index in [0.29, 0.717) is 23.1 Å². The lowest BCUT2D eigenvalue weighted by molar-refractivity contribution is -0.136. The lowest BCUT2D eigenvalue weighted by Gasteiger charge is -2.15. The topological polar surface area (TPSA) is 80.3 Å². The van der Waals surface area contributed by atoms with E-state index in [1.807, 2.05) is 19.9 Å². The second-order valence-electron chi connectivity index (χ2n) is 7.07. The standard InChI is InChI=1S/C21H27N3O3/c1-14(2)7-8-16(4)23-20(25)21(26)24-17-9-10-19(15(3)12-17)27-18-6-5-11-22-13-18/h5-6,9-14,16H,7-8H2,1-4H3,(H,23,25)(H,24,26). The average molecular weight is 369 g/mol. The van der Waals surface area contributed by atoms with E-state index in [0.717, 1.165) is 18.4 Å². The number of ether oxygens (including phenoxy) is 1. The molecule has 0 aliphatic carbocycles. The second kappa shape index (κ2) is 9.71. The van der Waals surface area contributed by atoms with Gasteiger partial charge in [-0.2, -0.15) is 0 Å². The molecule has 6 nitrogen and oxygen atoms in total. The molecular weight excluding hydrogens is 342 g/mol.